The van der Waals surface area contributed by atoms with Crippen LogP contribution in [-0.2, 0) is 4.74 Å². The number of ether oxygens (including phenoxy) is 1. The van der Waals surface area contributed by atoms with Gasteiger partial charge in [0.2, 0.25) is 0 Å². The van der Waals surface area contributed by atoms with E-state index in [-0.39, 0.29) is 17.5 Å². The monoisotopic (exact) mass is 299 g/mol. The maximum Gasteiger partial charge on any atom is 0.275 e. The molecule has 22 heavy (non-hydrogen) atoms. The molecule has 6 nitrogen and oxygen atoms in total. The van der Waals surface area contributed by atoms with Gasteiger partial charge in [-0.25, -0.2) is 5.10 Å². The maximum atomic E-state index is 13.0. The molecule has 1 aliphatic carbocycles. The van der Waals surface area contributed by atoms with Crippen LogP contribution in [0.2, 0.25) is 0 Å². The molecular weight excluding hydrogens is 282 g/mol. The Kier molecular flexibility index (Phi) is 3.18. The van der Waals surface area contributed by atoms with E-state index in [1.807, 2.05) is 11.0 Å². The van der Waals surface area contributed by atoms with Crippen LogP contribution in [0.3, 0.4) is 0 Å². The lowest BCUT2D eigenvalue weighted by Crippen LogP contribution is -2.50. The van der Waals surface area contributed by atoms with Gasteiger partial charge in [0.15, 0.2) is 5.69 Å². The number of carbonyl (C=O) groups is 1. The van der Waals surface area contributed by atoms with Crippen LogP contribution < -0.4 is 5.56 Å². The van der Waals surface area contributed by atoms with Crippen molar-refractivity contribution in [2.45, 2.75) is 18.9 Å². The fourth-order valence-electron chi connectivity index (χ4n) is 3.16. The van der Waals surface area contributed by atoms with Crippen molar-refractivity contribution in [3.8, 4) is 0 Å². The van der Waals surface area contributed by atoms with E-state index in [1.165, 1.54) is 0 Å². The first-order valence-electron chi connectivity index (χ1n) is 7.62. The highest BCUT2D eigenvalue weighted by atomic mass is 16.5. The van der Waals surface area contributed by atoms with Crippen LogP contribution in [0.15, 0.2) is 29.1 Å². The molecule has 2 aromatic rings. The lowest BCUT2D eigenvalue weighted by atomic mass is 10.1. The van der Waals surface area contributed by atoms with Gasteiger partial charge in [0.25, 0.3) is 11.5 Å². The van der Waals surface area contributed by atoms with Crippen molar-refractivity contribution in [1.29, 1.82) is 0 Å². The molecule has 1 saturated heterocycles. The summed E-state index contributed by atoms with van der Waals surface area (Å²) in [6.07, 6.45) is 2.30. The predicted molar refractivity (Wildman–Crippen MR) is 80.7 cm³/mol. The summed E-state index contributed by atoms with van der Waals surface area (Å²) in [5.74, 6) is 0.422. The highest BCUT2D eigenvalue weighted by Gasteiger charge is 2.40. The Morgan fingerprint density at radius 3 is 2.82 bits per heavy atom. The highest BCUT2D eigenvalue weighted by Crippen LogP contribution is 2.37. The number of nitrogens with zero attached hydrogens (tertiary/aromatic N) is 2. The Hall–Kier alpha value is -2.21. The van der Waals surface area contributed by atoms with Crippen LogP contribution in [0, 0.1) is 5.92 Å². The maximum absolute atomic E-state index is 13.0. The molecule has 0 spiro atoms. The molecule has 6 heteroatoms. The molecule has 1 aliphatic heterocycles. The quantitative estimate of drug-likeness (QED) is 0.903. The van der Waals surface area contributed by atoms with E-state index < -0.39 is 0 Å². The number of H-pyrrole nitrogens is 1. The Morgan fingerprint density at radius 2 is 2.05 bits per heavy atom. The average molecular weight is 299 g/mol. The fraction of sp³-hybridized carbons (Fsp3) is 0.438. The van der Waals surface area contributed by atoms with Crippen LogP contribution in [0.4, 0.5) is 0 Å². The second-order valence-electron chi connectivity index (χ2n) is 5.93. The minimum atomic E-state index is -0.270. The van der Waals surface area contributed by atoms with Crippen molar-refractivity contribution >= 4 is 16.7 Å². The van der Waals surface area contributed by atoms with Crippen molar-refractivity contribution in [3.63, 3.8) is 0 Å². The van der Waals surface area contributed by atoms with E-state index in [9.17, 15) is 9.59 Å². The Morgan fingerprint density at radius 1 is 1.27 bits per heavy atom. The number of hydrogen-bond donors (Lipinski definition) is 1. The molecule has 0 radical (unpaired) electrons. The van der Waals surface area contributed by atoms with Gasteiger partial charge in [0, 0.05) is 11.9 Å². The van der Waals surface area contributed by atoms with Crippen molar-refractivity contribution < 1.29 is 9.53 Å². The molecule has 0 bridgehead atoms. The van der Waals surface area contributed by atoms with Crippen molar-refractivity contribution in [2.24, 2.45) is 5.92 Å². The zero-order chi connectivity index (χ0) is 15.1. The zero-order valence-electron chi connectivity index (χ0n) is 12.1. The van der Waals surface area contributed by atoms with Crippen LogP contribution >= 0.6 is 0 Å². The summed E-state index contributed by atoms with van der Waals surface area (Å²) >= 11 is 0. The second-order valence-corrected chi connectivity index (χ2v) is 5.93. The summed E-state index contributed by atoms with van der Waals surface area (Å²) in [6, 6.07) is 7.22. The number of nitrogens with one attached hydrogen (secondary N) is 1. The molecule has 4 rings (SSSR count). The molecular formula is C16H17N3O3. The number of rotatable bonds is 2. The summed E-state index contributed by atoms with van der Waals surface area (Å²) in [6.45, 7) is 1.73. The van der Waals surface area contributed by atoms with E-state index in [1.54, 1.807) is 18.2 Å². The number of benzene rings is 1. The van der Waals surface area contributed by atoms with Crippen LogP contribution in [0.25, 0.3) is 10.8 Å². The minimum Gasteiger partial charge on any atom is -0.377 e. The predicted octanol–water partition coefficient (Wildman–Crippen LogP) is 1.17. The third kappa shape index (κ3) is 2.20. The summed E-state index contributed by atoms with van der Waals surface area (Å²) in [5.41, 5.74) is 0.0515. The molecule has 2 heterocycles. The first-order chi connectivity index (χ1) is 10.8. The second kappa shape index (κ2) is 5.21. The van der Waals surface area contributed by atoms with Gasteiger partial charge in [-0.1, -0.05) is 18.2 Å². The summed E-state index contributed by atoms with van der Waals surface area (Å²) in [4.78, 5) is 26.7. The summed E-state index contributed by atoms with van der Waals surface area (Å²) in [5, 5.41) is 7.57. The number of aromatic amines is 1. The molecule has 1 atom stereocenters. The number of fused-ring (bicyclic) bond motifs is 1. The van der Waals surface area contributed by atoms with Gasteiger partial charge in [0.1, 0.15) is 0 Å². The first kappa shape index (κ1) is 13.5. The number of morpholine rings is 1. The molecule has 1 N–H and O–H groups in total. The lowest BCUT2D eigenvalue weighted by molar-refractivity contribution is -0.00858. The molecule has 2 fully saturated rings. The van der Waals surface area contributed by atoms with Crippen molar-refractivity contribution in [1.82, 2.24) is 15.1 Å². The van der Waals surface area contributed by atoms with Gasteiger partial charge in [-0.3, -0.25) is 9.59 Å². The fourth-order valence-corrected chi connectivity index (χ4v) is 3.16. The van der Waals surface area contributed by atoms with Crippen molar-refractivity contribution in [2.75, 3.05) is 19.8 Å². The van der Waals surface area contributed by atoms with Crippen molar-refractivity contribution in [3.05, 3.63) is 40.3 Å². The smallest absolute Gasteiger partial charge is 0.275 e. The average Bonchev–Trinajstić information content (AvgIpc) is 3.40. The normalized spacial score (nSPS) is 22.0. The Labute approximate surface area is 127 Å². The van der Waals surface area contributed by atoms with Crippen LogP contribution in [-0.4, -0.2) is 46.8 Å². The molecule has 2 aliphatic rings. The first-order valence-corrected chi connectivity index (χ1v) is 7.62. The van der Waals surface area contributed by atoms with Gasteiger partial charge in [0.05, 0.1) is 24.6 Å². The standard InChI is InChI=1S/C16H17N3O3/c20-15-12-4-2-1-3-11(12)14(17-18-15)16(21)19-7-8-22-9-13(19)10-5-6-10/h1-4,10,13H,5-9H2,(H,18,20). The van der Waals surface area contributed by atoms with E-state index in [0.717, 1.165) is 12.8 Å². The topological polar surface area (TPSA) is 75.3 Å². The van der Waals surface area contributed by atoms with E-state index in [4.69, 9.17) is 4.74 Å². The zero-order valence-corrected chi connectivity index (χ0v) is 12.1. The molecule has 114 valence electrons. The van der Waals surface area contributed by atoms with Gasteiger partial charge >= 0.3 is 0 Å². The largest absolute Gasteiger partial charge is 0.377 e. The number of aromatic nitrogens is 2. The molecule has 1 saturated carbocycles. The number of carbonyl (C=O) groups excluding carboxylic acids is 1. The highest BCUT2D eigenvalue weighted by molar-refractivity contribution is 6.04. The number of hydrogen-bond acceptors (Lipinski definition) is 4. The van der Waals surface area contributed by atoms with Gasteiger partial charge in [-0.15, -0.1) is 0 Å². The van der Waals surface area contributed by atoms with Gasteiger partial charge in [-0.05, 0) is 24.8 Å². The summed E-state index contributed by atoms with van der Waals surface area (Å²) < 4.78 is 5.53. The third-order valence-electron chi connectivity index (χ3n) is 4.49. The van der Waals surface area contributed by atoms with Gasteiger partial charge < -0.3 is 9.64 Å². The van der Waals surface area contributed by atoms with Gasteiger partial charge in [-0.2, -0.15) is 5.10 Å². The SMILES string of the molecule is O=C(c1n[nH]c(=O)c2ccccc12)N1CCOCC1C1CC1. The van der Waals surface area contributed by atoms with E-state index >= 15 is 0 Å². The van der Waals surface area contributed by atoms with Crippen LogP contribution in [0.1, 0.15) is 23.3 Å². The molecule has 1 aromatic carbocycles. The minimum absolute atomic E-state index is 0.118. The summed E-state index contributed by atoms with van der Waals surface area (Å²) in [7, 11) is 0. The molecule has 1 unspecified atom stereocenters. The lowest BCUT2D eigenvalue weighted by Gasteiger charge is -2.35. The van der Waals surface area contributed by atoms with E-state index in [2.05, 4.69) is 10.2 Å². The Balaban J connectivity index is 1.76. The van der Waals surface area contributed by atoms with Crippen LogP contribution in [0.5, 0.6) is 0 Å². The van der Waals surface area contributed by atoms with E-state index in [0.29, 0.717) is 42.1 Å². The molecule has 1 aromatic heterocycles. The third-order valence-corrected chi connectivity index (χ3v) is 4.49. The number of amides is 1. The molecule has 1 amide bonds. The Bertz CT molecular complexity index is 782.